The molecule has 2 heterocycles. The number of carbonyl (C=O) groups excluding carboxylic acids is 1. The van der Waals surface area contributed by atoms with Crippen LogP contribution in [0.25, 0.3) is 17.2 Å². The number of hydrogen-bond donors (Lipinski definition) is 0. The lowest BCUT2D eigenvalue weighted by Gasteiger charge is -2.17. The van der Waals surface area contributed by atoms with Crippen molar-refractivity contribution in [2.75, 3.05) is 13.1 Å². The summed E-state index contributed by atoms with van der Waals surface area (Å²) in [4.78, 5) is 43.7. The molecule has 0 atom stereocenters. The van der Waals surface area contributed by atoms with E-state index in [-0.39, 0.29) is 42.7 Å². The minimum absolute atomic E-state index is 0.0101. The van der Waals surface area contributed by atoms with E-state index in [4.69, 9.17) is 4.52 Å². The molecule has 10 heteroatoms. The van der Waals surface area contributed by atoms with Gasteiger partial charge in [0.05, 0.1) is 5.69 Å². The topological polar surface area (TPSA) is 116 Å². The van der Waals surface area contributed by atoms with Gasteiger partial charge in [-0.05, 0) is 39.8 Å². The summed E-state index contributed by atoms with van der Waals surface area (Å²) in [7, 11) is 0. The first-order valence-corrected chi connectivity index (χ1v) is 10.3. The van der Waals surface area contributed by atoms with Crippen LogP contribution in [0, 0.1) is 6.92 Å². The fourth-order valence-electron chi connectivity index (χ4n) is 3.19. The zero-order valence-electron chi connectivity index (χ0n) is 18.2. The summed E-state index contributed by atoms with van der Waals surface area (Å²) in [6.45, 7) is 8.90. The highest BCUT2D eigenvalue weighted by Gasteiger charge is 2.20. The molecule has 0 aliphatic heterocycles. The maximum Gasteiger partial charge on any atom is 0.352 e. The lowest BCUT2D eigenvalue weighted by atomic mass is 10.2. The van der Waals surface area contributed by atoms with Crippen LogP contribution in [0.2, 0.25) is 0 Å². The van der Waals surface area contributed by atoms with Crippen molar-refractivity contribution >= 4 is 5.91 Å². The fraction of sp³-hybridized carbons (Fsp3) is 0.429. The molecule has 2 aromatic heterocycles. The van der Waals surface area contributed by atoms with E-state index in [1.165, 1.54) is 0 Å². The zero-order valence-corrected chi connectivity index (χ0v) is 18.2. The van der Waals surface area contributed by atoms with E-state index in [9.17, 15) is 14.4 Å². The first-order valence-electron chi connectivity index (χ1n) is 10.3. The Kier molecular flexibility index (Phi) is 6.78. The van der Waals surface area contributed by atoms with Crippen LogP contribution in [0.3, 0.4) is 0 Å². The predicted molar refractivity (Wildman–Crippen MR) is 114 cm³/mol. The Bertz CT molecular complexity index is 1170. The molecule has 0 aliphatic carbocycles. The molecule has 164 valence electrons. The molecule has 31 heavy (non-hydrogen) atoms. The van der Waals surface area contributed by atoms with Crippen LogP contribution in [-0.4, -0.2) is 48.4 Å². The zero-order chi connectivity index (χ0) is 22.5. The molecular formula is C21H26N6O4. The second kappa shape index (κ2) is 9.50. The van der Waals surface area contributed by atoms with Crippen molar-refractivity contribution in [3.8, 4) is 17.2 Å². The van der Waals surface area contributed by atoms with Crippen LogP contribution in [0.1, 0.15) is 38.6 Å². The van der Waals surface area contributed by atoms with E-state index in [0.717, 1.165) is 14.8 Å². The van der Waals surface area contributed by atoms with Gasteiger partial charge in [-0.3, -0.25) is 14.2 Å². The molecule has 0 fully saturated rings. The first kappa shape index (κ1) is 22.1. The third-order valence-electron chi connectivity index (χ3n) is 5.00. The van der Waals surface area contributed by atoms with Gasteiger partial charge in [-0.2, -0.15) is 14.8 Å². The second-order valence-corrected chi connectivity index (χ2v) is 7.01. The van der Waals surface area contributed by atoms with Gasteiger partial charge in [0.1, 0.15) is 0 Å². The Morgan fingerprint density at radius 2 is 1.77 bits per heavy atom. The summed E-state index contributed by atoms with van der Waals surface area (Å²) in [5.41, 5.74) is 0.318. The average molecular weight is 426 g/mol. The lowest BCUT2D eigenvalue weighted by Crippen LogP contribution is -2.41. The molecule has 3 aromatic rings. The maximum atomic E-state index is 12.8. The highest BCUT2D eigenvalue weighted by atomic mass is 16.5. The molecule has 0 saturated carbocycles. The number of benzene rings is 1. The molecular weight excluding hydrogens is 400 g/mol. The molecule has 0 bridgehead atoms. The van der Waals surface area contributed by atoms with E-state index in [1.54, 1.807) is 24.0 Å². The molecule has 0 saturated heterocycles. The fourth-order valence-corrected chi connectivity index (χ4v) is 3.19. The van der Waals surface area contributed by atoms with Gasteiger partial charge in [-0.25, -0.2) is 4.79 Å². The Morgan fingerprint density at radius 3 is 2.39 bits per heavy atom. The second-order valence-electron chi connectivity index (χ2n) is 7.01. The van der Waals surface area contributed by atoms with Crippen LogP contribution in [0.5, 0.6) is 0 Å². The van der Waals surface area contributed by atoms with Crippen molar-refractivity contribution < 1.29 is 9.32 Å². The lowest BCUT2D eigenvalue weighted by molar-refractivity contribution is -0.130. The van der Waals surface area contributed by atoms with Crippen molar-refractivity contribution in [1.29, 1.82) is 0 Å². The Labute approximate surface area is 179 Å². The number of rotatable bonds is 8. The van der Waals surface area contributed by atoms with E-state index < -0.39 is 11.2 Å². The van der Waals surface area contributed by atoms with Crippen molar-refractivity contribution in [1.82, 2.24) is 29.4 Å². The standard InChI is InChI=1S/C21H26N6O4/c1-5-25(6-2)17(28)13-12-16-22-19(24-31-16)18-20(29)26(7-3)21(30)27(23-18)15-10-8-14(4)9-11-15/h8-11H,5-7,12-13H2,1-4H3. The first-order chi connectivity index (χ1) is 14.9. The number of hydrogen-bond acceptors (Lipinski definition) is 7. The number of amides is 1. The minimum atomic E-state index is -0.595. The third-order valence-corrected chi connectivity index (χ3v) is 5.00. The molecule has 0 radical (unpaired) electrons. The summed E-state index contributed by atoms with van der Waals surface area (Å²) >= 11 is 0. The van der Waals surface area contributed by atoms with Crippen molar-refractivity contribution in [2.45, 2.75) is 47.1 Å². The summed E-state index contributed by atoms with van der Waals surface area (Å²) in [6.07, 6.45) is 0.473. The Morgan fingerprint density at radius 1 is 1.10 bits per heavy atom. The largest absolute Gasteiger partial charge is 0.352 e. The molecule has 1 aromatic carbocycles. The molecule has 0 N–H and O–H groups in total. The predicted octanol–water partition coefficient (Wildman–Crippen LogP) is 1.57. The van der Waals surface area contributed by atoms with Crippen LogP contribution in [0.15, 0.2) is 38.4 Å². The SMILES string of the molecule is CCN(CC)C(=O)CCc1nc(-c2nn(-c3ccc(C)cc3)c(=O)n(CC)c2=O)no1. The monoisotopic (exact) mass is 426 g/mol. The van der Waals surface area contributed by atoms with Gasteiger partial charge in [0, 0.05) is 32.5 Å². The highest BCUT2D eigenvalue weighted by Crippen LogP contribution is 2.12. The van der Waals surface area contributed by atoms with Crippen LogP contribution in [-0.2, 0) is 17.8 Å². The van der Waals surface area contributed by atoms with Crippen molar-refractivity contribution in [2.24, 2.45) is 0 Å². The minimum Gasteiger partial charge on any atom is -0.343 e. The van der Waals surface area contributed by atoms with Gasteiger partial charge in [0.15, 0.2) is 5.69 Å². The molecule has 0 unspecified atom stereocenters. The van der Waals surface area contributed by atoms with Gasteiger partial charge in [-0.1, -0.05) is 22.9 Å². The van der Waals surface area contributed by atoms with Crippen molar-refractivity contribution in [3.05, 3.63) is 56.6 Å². The number of aromatic nitrogens is 5. The maximum absolute atomic E-state index is 12.8. The summed E-state index contributed by atoms with van der Waals surface area (Å²) in [6, 6.07) is 7.20. The van der Waals surface area contributed by atoms with Crippen LogP contribution in [0.4, 0.5) is 0 Å². The summed E-state index contributed by atoms with van der Waals surface area (Å²) < 4.78 is 7.45. The van der Waals surface area contributed by atoms with E-state index in [0.29, 0.717) is 18.8 Å². The number of carbonyl (C=O) groups is 1. The van der Waals surface area contributed by atoms with Gasteiger partial charge in [-0.15, -0.1) is 0 Å². The van der Waals surface area contributed by atoms with Gasteiger partial charge in [0.2, 0.25) is 17.6 Å². The third kappa shape index (κ3) is 4.62. The highest BCUT2D eigenvalue weighted by molar-refractivity contribution is 5.76. The molecule has 1 amide bonds. The van der Waals surface area contributed by atoms with E-state index in [2.05, 4.69) is 15.2 Å². The van der Waals surface area contributed by atoms with E-state index in [1.807, 2.05) is 32.9 Å². The quantitative estimate of drug-likeness (QED) is 0.537. The summed E-state index contributed by atoms with van der Waals surface area (Å²) in [5, 5.41) is 8.09. The Balaban J connectivity index is 1.95. The van der Waals surface area contributed by atoms with Crippen LogP contribution < -0.4 is 11.2 Å². The van der Waals surface area contributed by atoms with Gasteiger partial charge >= 0.3 is 5.69 Å². The smallest absolute Gasteiger partial charge is 0.343 e. The summed E-state index contributed by atoms with van der Waals surface area (Å²) in [5.74, 6) is 0.204. The normalized spacial score (nSPS) is 11.0. The Hall–Kier alpha value is -3.56. The number of aryl methyl sites for hydroxylation is 2. The molecule has 3 rings (SSSR count). The average Bonchev–Trinajstić information content (AvgIpc) is 3.23. The van der Waals surface area contributed by atoms with E-state index >= 15 is 0 Å². The van der Waals surface area contributed by atoms with Crippen LogP contribution >= 0.6 is 0 Å². The van der Waals surface area contributed by atoms with Crippen molar-refractivity contribution in [3.63, 3.8) is 0 Å². The molecule has 0 aliphatic rings. The molecule has 0 spiro atoms. The van der Waals surface area contributed by atoms with Gasteiger partial charge in [0.25, 0.3) is 5.56 Å². The molecule has 10 nitrogen and oxygen atoms in total. The van der Waals surface area contributed by atoms with Gasteiger partial charge < -0.3 is 9.42 Å². The number of nitrogens with zero attached hydrogens (tertiary/aromatic N) is 6.